The maximum Gasteiger partial charge on any atom is 0.270 e. The van der Waals surface area contributed by atoms with Crippen molar-refractivity contribution >= 4 is 17.3 Å². The lowest BCUT2D eigenvalue weighted by atomic mass is 10.0. The number of carbonyl (C=O) groups is 2. The van der Waals surface area contributed by atoms with E-state index in [0.29, 0.717) is 11.3 Å². The minimum atomic E-state index is -0.584. The molecule has 0 aliphatic rings. The molecule has 0 amide bonds. The Morgan fingerprint density at radius 3 is 2.60 bits per heavy atom. The predicted octanol–water partition coefficient (Wildman–Crippen LogP) is 2.95. The smallest absolute Gasteiger partial charge is 0.270 e. The van der Waals surface area contributed by atoms with Gasteiger partial charge in [0.05, 0.1) is 23.2 Å². The quantitative estimate of drug-likeness (QED) is 0.361. The zero-order valence-corrected chi connectivity index (χ0v) is 10.7. The first-order valence-electron chi connectivity index (χ1n) is 5.84. The molecule has 0 saturated carbocycles. The third kappa shape index (κ3) is 2.80. The summed E-state index contributed by atoms with van der Waals surface area (Å²) in [6.07, 6.45) is 1.03. The minimum Gasteiger partial charge on any atom is -0.469 e. The van der Waals surface area contributed by atoms with Crippen LogP contribution >= 0.6 is 0 Å². The Morgan fingerprint density at radius 2 is 2.00 bits per heavy atom. The molecule has 1 aromatic carbocycles. The van der Waals surface area contributed by atoms with E-state index < -0.39 is 10.7 Å². The van der Waals surface area contributed by atoms with E-state index in [0.717, 1.165) is 6.07 Å². The van der Waals surface area contributed by atoms with Crippen LogP contribution in [0.3, 0.4) is 0 Å². The van der Waals surface area contributed by atoms with Gasteiger partial charge in [0.25, 0.3) is 5.69 Å². The second kappa shape index (κ2) is 5.48. The highest BCUT2D eigenvalue weighted by molar-refractivity contribution is 6.13. The summed E-state index contributed by atoms with van der Waals surface area (Å²) in [5.74, 6) is -0.381. The van der Waals surface area contributed by atoms with Crippen LogP contribution in [0.5, 0.6) is 0 Å². The SMILES string of the molecule is Cc1occc1C(=O)CC(=O)c1cccc([N+](=O)[O-])c1. The molecule has 0 fully saturated rings. The standard InChI is InChI=1S/C14H11NO5/c1-9-12(5-6-20-9)14(17)8-13(16)10-3-2-4-11(7-10)15(18)19/h2-7H,8H2,1H3. The normalized spacial score (nSPS) is 10.2. The number of hydrogen-bond acceptors (Lipinski definition) is 5. The van der Waals surface area contributed by atoms with Crippen molar-refractivity contribution in [3.8, 4) is 0 Å². The van der Waals surface area contributed by atoms with Gasteiger partial charge in [-0.15, -0.1) is 0 Å². The number of ketones is 2. The highest BCUT2D eigenvalue weighted by atomic mass is 16.6. The molecule has 0 aliphatic carbocycles. The van der Waals surface area contributed by atoms with Crippen LogP contribution in [0.25, 0.3) is 0 Å². The molecular weight excluding hydrogens is 262 g/mol. The van der Waals surface area contributed by atoms with Gasteiger partial charge in [0.1, 0.15) is 5.76 Å². The maximum absolute atomic E-state index is 12.0. The Bertz CT molecular complexity index is 686. The van der Waals surface area contributed by atoms with E-state index in [1.54, 1.807) is 6.92 Å². The van der Waals surface area contributed by atoms with Crippen molar-refractivity contribution in [2.24, 2.45) is 0 Å². The number of furan rings is 1. The molecule has 2 aromatic rings. The highest BCUT2D eigenvalue weighted by Gasteiger charge is 2.18. The van der Waals surface area contributed by atoms with E-state index >= 15 is 0 Å². The molecule has 0 atom stereocenters. The summed E-state index contributed by atoms with van der Waals surface area (Å²) in [4.78, 5) is 33.9. The van der Waals surface area contributed by atoms with Gasteiger partial charge in [-0.2, -0.15) is 0 Å². The lowest BCUT2D eigenvalue weighted by Gasteiger charge is -2.00. The third-order valence-electron chi connectivity index (χ3n) is 2.86. The van der Waals surface area contributed by atoms with Crippen LogP contribution in [-0.2, 0) is 0 Å². The molecule has 0 bridgehead atoms. The summed E-state index contributed by atoms with van der Waals surface area (Å²) in [5, 5.41) is 10.6. The van der Waals surface area contributed by atoms with Crippen molar-refractivity contribution in [2.75, 3.05) is 0 Å². The van der Waals surface area contributed by atoms with Crippen molar-refractivity contribution in [1.29, 1.82) is 0 Å². The van der Waals surface area contributed by atoms with Crippen molar-refractivity contribution < 1.29 is 18.9 Å². The molecule has 6 heteroatoms. The van der Waals surface area contributed by atoms with Crippen LogP contribution in [0, 0.1) is 17.0 Å². The molecule has 0 N–H and O–H groups in total. The zero-order valence-electron chi connectivity index (χ0n) is 10.7. The summed E-state index contributed by atoms with van der Waals surface area (Å²) < 4.78 is 5.00. The molecule has 0 spiro atoms. The Balaban J connectivity index is 2.16. The molecule has 20 heavy (non-hydrogen) atoms. The lowest BCUT2D eigenvalue weighted by molar-refractivity contribution is -0.384. The number of benzene rings is 1. The first kappa shape index (κ1) is 13.7. The van der Waals surface area contributed by atoms with Crippen LogP contribution in [0.15, 0.2) is 41.0 Å². The summed E-state index contributed by atoms with van der Waals surface area (Å²) in [5.41, 5.74) is 0.320. The second-order valence-corrected chi connectivity index (χ2v) is 4.22. The first-order valence-corrected chi connectivity index (χ1v) is 5.84. The fourth-order valence-corrected chi connectivity index (χ4v) is 1.81. The van der Waals surface area contributed by atoms with E-state index in [9.17, 15) is 19.7 Å². The Labute approximate surface area is 114 Å². The molecule has 2 rings (SSSR count). The summed E-state index contributed by atoms with van der Waals surface area (Å²) in [6.45, 7) is 1.63. The predicted molar refractivity (Wildman–Crippen MR) is 69.8 cm³/mol. The summed E-state index contributed by atoms with van der Waals surface area (Å²) in [6, 6.07) is 6.82. The third-order valence-corrected chi connectivity index (χ3v) is 2.86. The van der Waals surface area contributed by atoms with E-state index in [1.165, 1.54) is 30.5 Å². The van der Waals surface area contributed by atoms with Crippen LogP contribution in [-0.4, -0.2) is 16.5 Å². The fourth-order valence-electron chi connectivity index (χ4n) is 1.81. The van der Waals surface area contributed by atoms with Crippen LogP contribution in [0.4, 0.5) is 5.69 Å². The van der Waals surface area contributed by atoms with E-state index in [-0.39, 0.29) is 23.5 Å². The number of non-ortho nitro benzene ring substituents is 1. The largest absolute Gasteiger partial charge is 0.469 e. The van der Waals surface area contributed by atoms with Gasteiger partial charge in [0, 0.05) is 17.7 Å². The Hall–Kier alpha value is -2.76. The number of aryl methyl sites for hydroxylation is 1. The van der Waals surface area contributed by atoms with Crippen LogP contribution in [0.1, 0.15) is 32.9 Å². The minimum absolute atomic E-state index is 0.147. The van der Waals surface area contributed by atoms with Gasteiger partial charge in [-0.3, -0.25) is 19.7 Å². The van der Waals surface area contributed by atoms with Crippen molar-refractivity contribution in [3.63, 3.8) is 0 Å². The number of Topliss-reactive ketones (excluding diaryl/α,β-unsaturated/α-hetero) is 2. The van der Waals surface area contributed by atoms with Crippen molar-refractivity contribution in [1.82, 2.24) is 0 Å². The number of nitrogens with zero attached hydrogens (tertiary/aromatic N) is 1. The molecule has 6 nitrogen and oxygen atoms in total. The zero-order chi connectivity index (χ0) is 14.7. The van der Waals surface area contributed by atoms with Gasteiger partial charge in [-0.1, -0.05) is 12.1 Å². The highest BCUT2D eigenvalue weighted by Crippen LogP contribution is 2.17. The van der Waals surface area contributed by atoms with E-state index in [1.807, 2.05) is 0 Å². The molecule has 1 aromatic heterocycles. The first-order chi connectivity index (χ1) is 9.49. The van der Waals surface area contributed by atoms with Gasteiger partial charge >= 0.3 is 0 Å². The van der Waals surface area contributed by atoms with Gasteiger partial charge in [0.15, 0.2) is 11.6 Å². The van der Waals surface area contributed by atoms with Crippen molar-refractivity contribution in [2.45, 2.75) is 13.3 Å². The average Bonchev–Trinajstić information content (AvgIpc) is 2.85. The number of carbonyl (C=O) groups excluding carboxylic acids is 2. The summed E-state index contributed by atoms with van der Waals surface area (Å²) >= 11 is 0. The van der Waals surface area contributed by atoms with Gasteiger partial charge in [-0.25, -0.2) is 0 Å². The molecule has 0 aliphatic heterocycles. The van der Waals surface area contributed by atoms with Gasteiger partial charge in [-0.05, 0) is 13.0 Å². The Kier molecular flexibility index (Phi) is 3.74. The molecule has 0 radical (unpaired) electrons. The van der Waals surface area contributed by atoms with E-state index in [4.69, 9.17) is 4.42 Å². The second-order valence-electron chi connectivity index (χ2n) is 4.22. The lowest BCUT2D eigenvalue weighted by Crippen LogP contribution is -2.09. The van der Waals surface area contributed by atoms with Crippen LogP contribution < -0.4 is 0 Å². The maximum atomic E-state index is 12.0. The van der Waals surface area contributed by atoms with E-state index in [2.05, 4.69) is 0 Å². The average molecular weight is 273 g/mol. The summed E-state index contributed by atoms with van der Waals surface area (Å²) in [7, 11) is 0. The topological polar surface area (TPSA) is 90.4 Å². The molecule has 0 saturated heterocycles. The van der Waals surface area contributed by atoms with Crippen molar-refractivity contribution in [3.05, 3.63) is 63.6 Å². The molecule has 0 unspecified atom stereocenters. The number of hydrogen-bond donors (Lipinski definition) is 0. The molecule has 102 valence electrons. The molecular formula is C14H11NO5. The van der Waals surface area contributed by atoms with Crippen LogP contribution in [0.2, 0.25) is 0 Å². The molecule has 1 heterocycles. The Morgan fingerprint density at radius 1 is 1.25 bits per heavy atom. The number of nitro benzene ring substituents is 1. The number of rotatable bonds is 5. The number of nitro groups is 1. The van der Waals surface area contributed by atoms with Gasteiger partial charge < -0.3 is 4.42 Å². The fraction of sp³-hybridized carbons (Fsp3) is 0.143. The van der Waals surface area contributed by atoms with Gasteiger partial charge in [0.2, 0.25) is 0 Å². The monoisotopic (exact) mass is 273 g/mol.